The summed E-state index contributed by atoms with van der Waals surface area (Å²) in [6.07, 6.45) is 2.60. The molecule has 6 heteroatoms. The third kappa shape index (κ3) is 5.54. The summed E-state index contributed by atoms with van der Waals surface area (Å²) in [7, 11) is 0. The Balaban J connectivity index is 2.47. The van der Waals surface area contributed by atoms with Crippen LogP contribution in [0.5, 0.6) is 5.75 Å². The van der Waals surface area contributed by atoms with Gasteiger partial charge >= 0.3 is 11.7 Å². The fraction of sp³-hybridized carbons (Fsp3) is 0.381. The van der Waals surface area contributed by atoms with Crippen molar-refractivity contribution >= 4 is 11.7 Å². The van der Waals surface area contributed by atoms with Crippen LogP contribution in [-0.4, -0.2) is 22.6 Å². The van der Waals surface area contributed by atoms with E-state index < -0.39 is 16.8 Å². The second kappa shape index (κ2) is 9.71. The number of hydrogen-bond acceptors (Lipinski definition) is 4. The third-order valence-electron chi connectivity index (χ3n) is 4.44. The third-order valence-corrected chi connectivity index (χ3v) is 4.44. The summed E-state index contributed by atoms with van der Waals surface area (Å²) >= 11 is 0. The molecular formula is C21H25NO5. The van der Waals surface area contributed by atoms with Gasteiger partial charge in [-0.05, 0) is 36.5 Å². The highest BCUT2D eigenvalue weighted by Gasteiger charge is 2.23. The average molecular weight is 371 g/mol. The lowest BCUT2D eigenvalue weighted by Gasteiger charge is -2.15. The van der Waals surface area contributed by atoms with E-state index in [1.165, 1.54) is 6.07 Å². The summed E-state index contributed by atoms with van der Waals surface area (Å²) < 4.78 is 5.81. The molecule has 0 aromatic heterocycles. The molecule has 0 saturated heterocycles. The van der Waals surface area contributed by atoms with Crippen LogP contribution in [0.1, 0.15) is 38.7 Å². The maximum Gasteiger partial charge on any atom is 0.311 e. The number of ether oxygens (including phenoxy) is 1. The molecule has 1 unspecified atom stereocenters. The topological polar surface area (TPSA) is 89.7 Å². The molecule has 0 spiro atoms. The van der Waals surface area contributed by atoms with Gasteiger partial charge in [0.1, 0.15) is 0 Å². The Kier molecular flexibility index (Phi) is 7.34. The molecule has 0 heterocycles. The van der Waals surface area contributed by atoms with E-state index in [2.05, 4.69) is 0 Å². The van der Waals surface area contributed by atoms with E-state index in [0.29, 0.717) is 25.0 Å². The number of carbonyl (C=O) groups is 1. The number of hydrogen-bond donors (Lipinski definition) is 1. The largest absolute Gasteiger partial charge is 0.486 e. The Bertz CT molecular complexity index is 789. The molecule has 2 aromatic rings. The van der Waals surface area contributed by atoms with Crippen LogP contribution >= 0.6 is 0 Å². The lowest BCUT2D eigenvalue weighted by Crippen LogP contribution is -2.10. The van der Waals surface area contributed by atoms with E-state index in [0.717, 1.165) is 24.0 Å². The smallest absolute Gasteiger partial charge is 0.311 e. The van der Waals surface area contributed by atoms with Crippen LogP contribution in [0.25, 0.3) is 11.1 Å². The quantitative estimate of drug-likeness (QED) is 0.357. The highest BCUT2D eigenvalue weighted by atomic mass is 16.6. The molecule has 0 amide bonds. The molecule has 6 nitrogen and oxygen atoms in total. The van der Waals surface area contributed by atoms with E-state index in [1.54, 1.807) is 6.92 Å². The summed E-state index contributed by atoms with van der Waals surface area (Å²) in [6.45, 7) is 4.08. The number of nitro benzene ring substituents is 1. The minimum Gasteiger partial charge on any atom is -0.486 e. The fourth-order valence-electron chi connectivity index (χ4n) is 2.76. The monoisotopic (exact) mass is 371 g/mol. The number of nitrogens with zero attached hydrogens (tertiary/aromatic N) is 1. The van der Waals surface area contributed by atoms with Gasteiger partial charge in [0.2, 0.25) is 5.75 Å². The van der Waals surface area contributed by atoms with Gasteiger partial charge < -0.3 is 9.84 Å². The molecule has 0 aliphatic heterocycles. The molecule has 0 bridgehead atoms. The first-order chi connectivity index (χ1) is 12.9. The molecule has 2 aromatic carbocycles. The van der Waals surface area contributed by atoms with Gasteiger partial charge in [-0.25, -0.2) is 0 Å². The number of unbranched alkanes of at least 4 members (excludes halogenated alkanes) is 1. The number of carboxylic acid groups (broad SMARTS) is 1. The molecule has 1 N–H and O–H groups in total. The Hall–Kier alpha value is -2.89. The van der Waals surface area contributed by atoms with Crippen LogP contribution in [0.4, 0.5) is 5.69 Å². The number of aliphatic carboxylic acids is 1. The van der Waals surface area contributed by atoms with Gasteiger partial charge in [-0.1, -0.05) is 50.6 Å². The Morgan fingerprint density at radius 1 is 1.26 bits per heavy atom. The Morgan fingerprint density at radius 2 is 1.96 bits per heavy atom. The Labute approximate surface area is 158 Å². The van der Waals surface area contributed by atoms with Gasteiger partial charge in [-0.3, -0.25) is 14.9 Å². The normalized spacial score (nSPS) is 11.8. The highest BCUT2D eigenvalue weighted by Crippen LogP contribution is 2.39. The van der Waals surface area contributed by atoms with Crippen LogP contribution in [0, 0.1) is 16.0 Å². The SMILES string of the molecule is CCCCOc1c(-c2ccccc2)cc(CCC(C)C(=O)O)cc1[N+](=O)[O-]. The fourth-order valence-corrected chi connectivity index (χ4v) is 2.76. The highest BCUT2D eigenvalue weighted by molar-refractivity contribution is 5.76. The molecule has 0 aliphatic rings. The predicted molar refractivity (Wildman–Crippen MR) is 104 cm³/mol. The first-order valence-corrected chi connectivity index (χ1v) is 9.16. The van der Waals surface area contributed by atoms with Gasteiger partial charge in [0.25, 0.3) is 0 Å². The second-order valence-electron chi connectivity index (χ2n) is 6.59. The van der Waals surface area contributed by atoms with E-state index in [-0.39, 0.29) is 11.4 Å². The van der Waals surface area contributed by atoms with Crippen molar-refractivity contribution in [2.24, 2.45) is 5.92 Å². The zero-order valence-electron chi connectivity index (χ0n) is 15.7. The predicted octanol–water partition coefficient (Wildman–Crippen LogP) is 5.09. The molecule has 0 fully saturated rings. The van der Waals surface area contributed by atoms with Crippen LogP contribution in [0.2, 0.25) is 0 Å². The standard InChI is InChI=1S/C21H25NO5/c1-3-4-12-27-20-18(17-8-6-5-7-9-17)13-16(14-19(20)22(25)26)11-10-15(2)21(23)24/h5-9,13-15H,3-4,10-12H2,1-2H3,(H,23,24). The summed E-state index contributed by atoms with van der Waals surface area (Å²) in [5, 5.41) is 20.7. The maximum atomic E-state index is 11.7. The molecule has 27 heavy (non-hydrogen) atoms. The Morgan fingerprint density at radius 3 is 2.56 bits per heavy atom. The average Bonchev–Trinajstić information content (AvgIpc) is 2.66. The number of aryl methyl sites for hydroxylation is 1. The van der Waals surface area contributed by atoms with Crippen LogP contribution in [-0.2, 0) is 11.2 Å². The first kappa shape index (κ1) is 20.4. The van der Waals surface area contributed by atoms with Crippen molar-refractivity contribution in [3.05, 3.63) is 58.1 Å². The second-order valence-corrected chi connectivity index (χ2v) is 6.59. The van der Waals surface area contributed by atoms with Crippen molar-refractivity contribution in [2.45, 2.75) is 39.5 Å². The number of benzene rings is 2. The van der Waals surface area contributed by atoms with Crippen molar-refractivity contribution in [2.75, 3.05) is 6.61 Å². The van der Waals surface area contributed by atoms with E-state index in [1.807, 2.05) is 43.3 Å². The molecule has 2 rings (SSSR count). The minimum atomic E-state index is -0.868. The zero-order valence-corrected chi connectivity index (χ0v) is 15.7. The van der Waals surface area contributed by atoms with Crippen molar-refractivity contribution < 1.29 is 19.6 Å². The molecule has 1 atom stereocenters. The molecule has 144 valence electrons. The van der Waals surface area contributed by atoms with E-state index >= 15 is 0 Å². The van der Waals surface area contributed by atoms with Gasteiger partial charge in [0, 0.05) is 11.6 Å². The molecular weight excluding hydrogens is 346 g/mol. The van der Waals surface area contributed by atoms with Gasteiger partial charge in [-0.15, -0.1) is 0 Å². The van der Waals surface area contributed by atoms with Crippen LogP contribution in [0.3, 0.4) is 0 Å². The summed E-state index contributed by atoms with van der Waals surface area (Å²) in [4.78, 5) is 22.3. The number of nitro groups is 1. The van der Waals surface area contributed by atoms with Gasteiger partial charge in [-0.2, -0.15) is 0 Å². The first-order valence-electron chi connectivity index (χ1n) is 9.16. The van der Waals surface area contributed by atoms with Crippen molar-refractivity contribution in [1.29, 1.82) is 0 Å². The van der Waals surface area contributed by atoms with E-state index in [4.69, 9.17) is 9.84 Å². The van der Waals surface area contributed by atoms with Crippen LogP contribution in [0.15, 0.2) is 42.5 Å². The molecule has 0 saturated carbocycles. The van der Waals surface area contributed by atoms with Gasteiger partial charge in [0.15, 0.2) is 0 Å². The molecule has 0 aliphatic carbocycles. The van der Waals surface area contributed by atoms with E-state index in [9.17, 15) is 14.9 Å². The minimum absolute atomic E-state index is 0.0783. The molecule has 0 radical (unpaired) electrons. The van der Waals surface area contributed by atoms with Crippen molar-refractivity contribution in [3.63, 3.8) is 0 Å². The van der Waals surface area contributed by atoms with Gasteiger partial charge in [0.05, 0.1) is 17.4 Å². The van der Waals surface area contributed by atoms with Crippen LogP contribution < -0.4 is 4.74 Å². The van der Waals surface area contributed by atoms with Crippen molar-refractivity contribution in [3.8, 4) is 16.9 Å². The lowest BCUT2D eigenvalue weighted by atomic mass is 9.96. The number of carboxylic acids is 1. The summed E-state index contributed by atoms with van der Waals surface area (Å²) in [5.74, 6) is -1.10. The number of rotatable bonds is 10. The summed E-state index contributed by atoms with van der Waals surface area (Å²) in [6, 6.07) is 12.8. The lowest BCUT2D eigenvalue weighted by molar-refractivity contribution is -0.385. The maximum absolute atomic E-state index is 11.7. The summed E-state index contributed by atoms with van der Waals surface area (Å²) in [5.41, 5.74) is 2.15. The zero-order chi connectivity index (χ0) is 19.8. The van der Waals surface area contributed by atoms with Crippen molar-refractivity contribution in [1.82, 2.24) is 0 Å².